The van der Waals surface area contributed by atoms with E-state index in [4.69, 9.17) is 9.47 Å². The van der Waals surface area contributed by atoms with Crippen molar-refractivity contribution in [2.24, 2.45) is 5.92 Å². The van der Waals surface area contributed by atoms with Gasteiger partial charge in [0, 0.05) is 46.4 Å². The average Bonchev–Trinajstić information content (AvgIpc) is 3.08. The predicted octanol–water partition coefficient (Wildman–Crippen LogP) is 1.03. The lowest BCUT2D eigenvalue weighted by Crippen LogP contribution is -2.56. The van der Waals surface area contributed by atoms with E-state index >= 15 is 0 Å². The van der Waals surface area contributed by atoms with Gasteiger partial charge in [0.1, 0.15) is 24.4 Å². The van der Waals surface area contributed by atoms with E-state index in [1.807, 2.05) is 44.2 Å². The lowest BCUT2D eigenvalue weighted by molar-refractivity contribution is -0.142. The highest BCUT2D eigenvalue weighted by Gasteiger charge is 2.34. The number of hydrogen-bond acceptors (Lipinski definition) is 8. The third kappa shape index (κ3) is 10.3. The Morgan fingerprint density at radius 2 is 1.62 bits per heavy atom. The zero-order chi connectivity index (χ0) is 34.6. The molecule has 3 N–H and O–H groups in total. The molecular weight excluding hydrogens is 616 g/mol. The lowest BCUT2D eigenvalue weighted by Gasteiger charge is -2.36. The third-order valence-electron chi connectivity index (χ3n) is 8.46. The van der Waals surface area contributed by atoms with Gasteiger partial charge in [-0.3, -0.25) is 28.9 Å². The molecule has 2 aromatic rings. The Balaban J connectivity index is 1.67. The summed E-state index contributed by atoms with van der Waals surface area (Å²) in [6.07, 6.45) is -0.372. The second-order valence-electron chi connectivity index (χ2n) is 12.6. The first-order valence-corrected chi connectivity index (χ1v) is 16.5. The summed E-state index contributed by atoms with van der Waals surface area (Å²) in [5.41, 5.74) is 0.967. The van der Waals surface area contributed by atoms with Crippen LogP contribution in [0.15, 0.2) is 54.6 Å². The fourth-order valence-electron chi connectivity index (χ4n) is 5.71. The fraction of sp³-hybridized carbons (Fsp3) is 0.514. The number of nitrogens with zero attached hydrogens (tertiary/aromatic N) is 3. The summed E-state index contributed by atoms with van der Waals surface area (Å²) in [5, 5.41) is 8.49. The first kappa shape index (κ1) is 36.3. The number of fused-ring (bicyclic) bond motifs is 1. The maximum Gasteiger partial charge on any atom is 0.255 e. The minimum absolute atomic E-state index is 0.0494. The molecule has 1 fully saturated rings. The molecule has 0 bridgehead atoms. The van der Waals surface area contributed by atoms with Gasteiger partial charge in [0.25, 0.3) is 5.91 Å². The quantitative estimate of drug-likeness (QED) is 0.398. The molecule has 13 heteroatoms. The standard InChI is InChI=1S/C35H48N6O7/c1-24(2)32-34(45)36-25(3)23-48-29-13-9-8-12-27(29)33(44)37-28(35(46)40-16-14-39(15-17-40)18-19-47-4)20-31(43)41(22-30(42)38-32)21-26-10-6-5-7-11-26/h5-13,24-25,28,32H,14-23H2,1-4H3,(H,36,45)(H,37,44)(H,38,42)/t25-,28-,32+/m0/s1. The molecule has 0 spiro atoms. The zero-order valence-corrected chi connectivity index (χ0v) is 28.3. The summed E-state index contributed by atoms with van der Waals surface area (Å²) in [6.45, 7) is 8.62. The molecule has 4 rings (SSSR count). The maximum atomic E-state index is 14.1. The number of nitrogens with one attached hydrogen (secondary N) is 3. The highest BCUT2D eigenvalue weighted by atomic mass is 16.5. The van der Waals surface area contributed by atoms with Crippen molar-refractivity contribution >= 4 is 29.5 Å². The molecule has 1 saturated heterocycles. The Morgan fingerprint density at radius 1 is 0.938 bits per heavy atom. The third-order valence-corrected chi connectivity index (χ3v) is 8.46. The van der Waals surface area contributed by atoms with Gasteiger partial charge in [-0.25, -0.2) is 0 Å². The molecule has 0 aliphatic carbocycles. The van der Waals surface area contributed by atoms with E-state index in [9.17, 15) is 24.0 Å². The number of methoxy groups -OCH3 is 1. The second-order valence-corrected chi connectivity index (χ2v) is 12.6. The fourth-order valence-corrected chi connectivity index (χ4v) is 5.71. The molecule has 0 radical (unpaired) electrons. The topological polar surface area (TPSA) is 150 Å². The van der Waals surface area contributed by atoms with E-state index in [0.29, 0.717) is 32.8 Å². The van der Waals surface area contributed by atoms with Crippen molar-refractivity contribution in [2.45, 2.75) is 51.9 Å². The normalized spacial score (nSPS) is 22.2. The summed E-state index contributed by atoms with van der Waals surface area (Å²) < 4.78 is 11.2. The molecule has 0 aromatic heterocycles. The van der Waals surface area contributed by atoms with Gasteiger partial charge < -0.3 is 35.2 Å². The smallest absolute Gasteiger partial charge is 0.255 e. The number of hydrogen-bond donors (Lipinski definition) is 3. The van der Waals surface area contributed by atoms with Crippen LogP contribution >= 0.6 is 0 Å². The highest BCUT2D eigenvalue weighted by Crippen LogP contribution is 2.20. The maximum absolute atomic E-state index is 14.1. The van der Waals surface area contributed by atoms with Crippen LogP contribution in [0.1, 0.15) is 43.1 Å². The van der Waals surface area contributed by atoms with E-state index in [2.05, 4.69) is 20.9 Å². The Bertz CT molecular complexity index is 1410. The summed E-state index contributed by atoms with van der Waals surface area (Å²) in [5.74, 6) is -2.35. The van der Waals surface area contributed by atoms with Crippen LogP contribution in [0.2, 0.25) is 0 Å². The van der Waals surface area contributed by atoms with Gasteiger partial charge in [-0.2, -0.15) is 0 Å². The molecule has 0 unspecified atom stereocenters. The minimum Gasteiger partial charge on any atom is -0.491 e. The van der Waals surface area contributed by atoms with Crippen LogP contribution in [-0.2, 0) is 30.5 Å². The Labute approximate surface area is 282 Å². The van der Waals surface area contributed by atoms with Gasteiger partial charge in [-0.05, 0) is 30.5 Å². The SMILES string of the molecule is COCCN1CCN(C(=O)[C@@H]2CC(=O)N(Cc3ccccc3)CC(=O)N[C@H](C(C)C)C(=O)N[C@@H](C)COc3ccccc3C(=O)N2)CC1. The number of ether oxygens (including phenoxy) is 2. The second kappa shape index (κ2) is 17.6. The first-order chi connectivity index (χ1) is 23.0. The van der Waals surface area contributed by atoms with Crippen molar-refractivity contribution in [3.63, 3.8) is 0 Å². The lowest BCUT2D eigenvalue weighted by atomic mass is 10.0. The highest BCUT2D eigenvalue weighted by molar-refractivity contribution is 6.01. The molecule has 48 heavy (non-hydrogen) atoms. The van der Waals surface area contributed by atoms with Crippen molar-refractivity contribution in [1.82, 2.24) is 30.7 Å². The molecule has 2 heterocycles. The van der Waals surface area contributed by atoms with Gasteiger partial charge in [-0.15, -0.1) is 0 Å². The van der Waals surface area contributed by atoms with Crippen LogP contribution in [0.25, 0.3) is 0 Å². The van der Waals surface area contributed by atoms with Crippen molar-refractivity contribution in [1.29, 1.82) is 0 Å². The largest absolute Gasteiger partial charge is 0.491 e. The van der Waals surface area contributed by atoms with Gasteiger partial charge in [0.05, 0.1) is 31.2 Å². The molecule has 2 aliphatic heterocycles. The van der Waals surface area contributed by atoms with E-state index in [1.165, 1.54) is 4.90 Å². The number of carbonyl (C=O) groups is 5. The summed E-state index contributed by atoms with van der Waals surface area (Å²) in [4.78, 5) is 73.7. The van der Waals surface area contributed by atoms with Crippen LogP contribution in [-0.4, -0.2) is 122 Å². The van der Waals surface area contributed by atoms with E-state index < -0.39 is 41.8 Å². The number of piperazine rings is 1. The molecule has 13 nitrogen and oxygen atoms in total. The van der Waals surface area contributed by atoms with Crippen LogP contribution < -0.4 is 20.7 Å². The number of benzene rings is 2. The molecule has 260 valence electrons. The summed E-state index contributed by atoms with van der Waals surface area (Å²) >= 11 is 0. The monoisotopic (exact) mass is 664 g/mol. The van der Waals surface area contributed by atoms with Crippen molar-refractivity contribution in [3.8, 4) is 5.75 Å². The number of rotatable bonds is 7. The van der Waals surface area contributed by atoms with Crippen LogP contribution in [0.4, 0.5) is 0 Å². The van der Waals surface area contributed by atoms with Crippen molar-refractivity contribution < 1.29 is 33.4 Å². The van der Waals surface area contributed by atoms with Gasteiger partial charge >= 0.3 is 0 Å². The van der Waals surface area contributed by atoms with Gasteiger partial charge in [0.15, 0.2) is 0 Å². The molecular formula is C35H48N6O7. The van der Waals surface area contributed by atoms with Crippen LogP contribution in [0, 0.1) is 5.92 Å². The molecule has 0 saturated carbocycles. The number of para-hydroxylation sites is 1. The van der Waals surface area contributed by atoms with Crippen molar-refractivity contribution in [3.05, 3.63) is 65.7 Å². The van der Waals surface area contributed by atoms with E-state index in [-0.39, 0.29) is 49.3 Å². The Kier molecular flexibility index (Phi) is 13.3. The Hall–Kier alpha value is -4.49. The Morgan fingerprint density at radius 3 is 2.31 bits per heavy atom. The van der Waals surface area contributed by atoms with Gasteiger partial charge in [0.2, 0.25) is 23.6 Å². The molecule has 2 aromatic carbocycles. The van der Waals surface area contributed by atoms with E-state index in [1.54, 1.807) is 43.2 Å². The average molecular weight is 665 g/mol. The molecule has 2 aliphatic rings. The molecule has 5 amide bonds. The zero-order valence-electron chi connectivity index (χ0n) is 28.3. The predicted molar refractivity (Wildman–Crippen MR) is 179 cm³/mol. The van der Waals surface area contributed by atoms with Crippen molar-refractivity contribution in [2.75, 3.05) is 59.6 Å². The first-order valence-electron chi connectivity index (χ1n) is 16.5. The van der Waals surface area contributed by atoms with E-state index in [0.717, 1.165) is 12.1 Å². The van der Waals surface area contributed by atoms with Gasteiger partial charge in [-0.1, -0.05) is 56.3 Å². The molecule has 3 atom stereocenters. The minimum atomic E-state index is -1.20. The number of carbonyl (C=O) groups excluding carboxylic acids is 5. The number of amides is 5. The summed E-state index contributed by atoms with van der Waals surface area (Å²) in [7, 11) is 1.64. The summed E-state index contributed by atoms with van der Waals surface area (Å²) in [6, 6.07) is 13.3. The van der Waals surface area contributed by atoms with Crippen LogP contribution in [0.5, 0.6) is 5.75 Å². The van der Waals surface area contributed by atoms with Crippen LogP contribution in [0.3, 0.4) is 0 Å².